The van der Waals surface area contributed by atoms with Crippen LogP contribution in [0.25, 0.3) is 0 Å². The summed E-state index contributed by atoms with van der Waals surface area (Å²) >= 11 is 0. The summed E-state index contributed by atoms with van der Waals surface area (Å²) in [7, 11) is 0. The summed E-state index contributed by atoms with van der Waals surface area (Å²) in [6.07, 6.45) is 8.80. The largest absolute Gasteiger partial charge is 0.371 e. The summed E-state index contributed by atoms with van der Waals surface area (Å²) < 4.78 is 0. The summed E-state index contributed by atoms with van der Waals surface area (Å²) in [5, 5.41) is 3.61. The van der Waals surface area contributed by atoms with Crippen LogP contribution in [0.1, 0.15) is 43.4 Å². The van der Waals surface area contributed by atoms with Crippen molar-refractivity contribution < 1.29 is 0 Å². The van der Waals surface area contributed by atoms with Gasteiger partial charge in [0.1, 0.15) is 0 Å². The van der Waals surface area contributed by atoms with Gasteiger partial charge in [-0.15, -0.1) is 0 Å². The molecular formula is C15H23N3. The van der Waals surface area contributed by atoms with Crippen molar-refractivity contribution in [1.29, 1.82) is 0 Å². The number of nitrogens with zero attached hydrogens (tertiary/aromatic N) is 2. The molecule has 0 amide bonds. The van der Waals surface area contributed by atoms with E-state index in [0.717, 1.165) is 18.3 Å². The van der Waals surface area contributed by atoms with E-state index in [0.29, 0.717) is 0 Å². The van der Waals surface area contributed by atoms with Gasteiger partial charge in [0.15, 0.2) is 0 Å². The molecular weight excluding hydrogens is 222 g/mol. The Kier molecular flexibility index (Phi) is 3.50. The van der Waals surface area contributed by atoms with Gasteiger partial charge in [-0.1, -0.05) is 0 Å². The quantitative estimate of drug-likeness (QED) is 0.884. The van der Waals surface area contributed by atoms with Gasteiger partial charge >= 0.3 is 0 Å². The Morgan fingerprint density at radius 1 is 1.28 bits per heavy atom. The van der Waals surface area contributed by atoms with Crippen LogP contribution in [0.3, 0.4) is 0 Å². The summed E-state index contributed by atoms with van der Waals surface area (Å²) in [6.45, 7) is 5.48. The van der Waals surface area contributed by atoms with E-state index in [1.54, 1.807) is 0 Å². The molecule has 0 aromatic carbocycles. The van der Waals surface area contributed by atoms with Gasteiger partial charge in [0.2, 0.25) is 0 Å². The Morgan fingerprint density at radius 3 is 2.78 bits per heavy atom. The molecule has 0 unspecified atom stereocenters. The van der Waals surface area contributed by atoms with Gasteiger partial charge in [0.25, 0.3) is 0 Å². The predicted octanol–water partition coefficient (Wildman–Crippen LogP) is 2.63. The van der Waals surface area contributed by atoms with Crippen LogP contribution in [0.4, 0.5) is 5.69 Å². The SMILES string of the molecule is Cc1cc(N2CCCCC2)c(CNC2CC2)cn1. The lowest BCUT2D eigenvalue weighted by atomic mass is 10.1. The normalized spacial score (nSPS) is 20.2. The van der Waals surface area contributed by atoms with Crippen LogP contribution in [0, 0.1) is 6.92 Å². The van der Waals surface area contributed by atoms with Gasteiger partial charge in [0, 0.05) is 48.8 Å². The first-order chi connectivity index (χ1) is 8.83. The molecule has 1 saturated heterocycles. The Labute approximate surface area is 110 Å². The first-order valence-electron chi connectivity index (χ1n) is 7.27. The van der Waals surface area contributed by atoms with E-state index in [1.807, 2.05) is 0 Å². The molecule has 2 heterocycles. The maximum absolute atomic E-state index is 4.47. The first kappa shape index (κ1) is 12.0. The molecule has 18 heavy (non-hydrogen) atoms. The molecule has 0 atom stereocenters. The van der Waals surface area contributed by atoms with Crippen LogP contribution in [0.2, 0.25) is 0 Å². The molecule has 0 radical (unpaired) electrons. The fourth-order valence-electron chi connectivity index (χ4n) is 2.68. The van der Waals surface area contributed by atoms with Gasteiger partial charge in [-0.25, -0.2) is 0 Å². The highest BCUT2D eigenvalue weighted by atomic mass is 15.1. The third kappa shape index (κ3) is 2.83. The second kappa shape index (κ2) is 5.27. The number of nitrogens with one attached hydrogen (secondary N) is 1. The van der Waals surface area contributed by atoms with Crippen molar-refractivity contribution in [3.63, 3.8) is 0 Å². The molecule has 3 rings (SSSR count). The minimum atomic E-state index is 0.764. The first-order valence-corrected chi connectivity index (χ1v) is 7.27. The molecule has 2 aliphatic rings. The highest BCUT2D eigenvalue weighted by Gasteiger charge is 2.21. The van der Waals surface area contributed by atoms with Crippen molar-refractivity contribution in [2.45, 2.75) is 51.6 Å². The summed E-state index contributed by atoms with van der Waals surface area (Å²) in [4.78, 5) is 7.01. The molecule has 1 N–H and O–H groups in total. The van der Waals surface area contributed by atoms with Crippen molar-refractivity contribution in [3.8, 4) is 0 Å². The topological polar surface area (TPSA) is 28.2 Å². The highest BCUT2D eigenvalue weighted by Crippen LogP contribution is 2.26. The maximum Gasteiger partial charge on any atom is 0.0445 e. The van der Waals surface area contributed by atoms with Gasteiger partial charge < -0.3 is 10.2 Å². The van der Waals surface area contributed by atoms with Crippen molar-refractivity contribution in [1.82, 2.24) is 10.3 Å². The van der Waals surface area contributed by atoms with Crippen LogP contribution in [0.5, 0.6) is 0 Å². The zero-order valence-electron chi connectivity index (χ0n) is 11.3. The predicted molar refractivity (Wildman–Crippen MR) is 74.9 cm³/mol. The molecule has 3 heteroatoms. The van der Waals surface area contributed by atoms with E-state index in [9.17, 15) is 0 Å². The van der Waals surface area contributed by atoms with Crippen LogP contribution in [0.15, 0.2) is 12.3 Å². The van der Waals surface area contributed by atoms with E-state index in [4.69, 9.17) is 0 Å². The van der Waals surface area contributed by atoms with E-state index in [2.05, 4.69) is 34.4 Å². The lowest BCUT2D eigenvalue weighted by Gasteiger charge is -2.30. The second-order valence-corrected chi connectivity index (χ2v) is 5.66. The zero-order chi connectivity index (χ0) is 12.4. The van der Waals surface area contributed by atoms with E-state index in [1.165, 1.54) is 56.4 Å². The van der Waals surface area contributed by atoms with Gasteiger partial charge in [-0.3, -0.25) is 4.98 Å². The number of pyridine rings is 1. The van der Waals surface area contributed by atoms with Gasteiger partial charge in [0.05, 0.1) is 0 Å². The number of hydrogen-bond acceptors (Lipinski definition) is 3. The number of aryl methyl sites for hydroxylation is 1. The third-order valence-corrected chi connectivity index (χ3v) is 3.95. The Balaban J connectivity index is 1.77. The number of anilines is 1. The van der Waals surface area contributed by atoms with Crippen LogP contribution in [-0.4, -0.2) is 24.1 Å². The van der Waals surface area contributed by atoms with E-state index < -0.39 is 0 Å². The molecule has 0 bridgehead atoms. The van der Waals surface area contributed by atoms with Gasteiger partial charge in [-0.2, -0.15) is 0 Å². The Morgan fingerprint density at radius 2 is 2.06 bits per heavy atom. The molecule has 1 aromatic rings. The van der Waals surface area contributed by atoms with E-state index >= 15 is 0 Å². The molecule has 98 valence electrons. The Bertz CT molecular complexity index is 406. The van der Waals surface area contributed by atoms with Gasteiger partial charge in [-0.05, 0) is 45.1 Å². The summed E-state index contributed by atoms with van der Waals surface area (Å²) in [5.74, 6) is 0. The average molecular weight is 245 g/mol. The third-order valence-electron chi connectivity index (χ3n) is 3.95. The zero-order valence-corrected chi connectivity index (χ0v) is 11.3. The molecule has 0 spiro atoms. The summed E-state index contributed by atoms with van der Waals surface area (Å²) in [5.41, 5.74) is 3.91. The Hall–Kier alpha value is -1.09. The van der Waals surface area contributed by atoms with Crippen molar-refractivity contribution >= 4 is 5.69 Å². The van der Waals surface area contributed by atoms with Crippen LogP contribution in [-0.2, 0) is 6.54 Å². The second-order valence-electron chi connectivity index (χ2n) is 5.66. The fourth-order valence-corrected chi connectivity index (χ4v) is 2.68. The van der Waals surface area contributed by atoms with Crippen molar-refractivity contribution in [3.05, 3.63) is 23.5 Å². The summed E-state index contributed by atoms with van der Waals surface area (Å²) in [6, 6.07) is 3.02. The number of aromatic nitrogens is 1. The lowest BCUT2D eigenvalue weighted by molar-refractivity contribution is 0.573. The van der Waals surface area contributed by atoms with Crippen LogP contribution >= 0.6 is 0 Å². The molecule has 1 aromatic heterocycles. The number of piperidine rings is 1. The lowest BCUT2D eigenvalue weighted by Crippen LogP contribution is -2.31. The number of rotatable bonds is 4. The van der Waals surface area contributed by atoms with Crippen LogP contribution < -0.4 is 10.2 Å². The van der Waals surface area contributed by atoms with Crippen molar-refractivity contribution in [2.75, 3.05) is 18.0 Å². The molecule has 1 aliphatic heterocycles. The minimum absolute atomic E-state index is 0.764. The maximum atomic E-state index is 4.47. The molecule has 3 nitrogen and oxygen atoms in total. The smallest absolute Gasteiger partial charge is 0.0445 e. The number of hydrogen-bond donors (Lipinski definition) is 1. The average Bonchev–Trinajstić information content (AvgIpc) is 3.22. The monoisotopic (exact) mass is 245 g/mol. The fraction of sp³-hybridized carbons (Fsp3) is 0.667. The highest BCUT2D eigenvalue weighted by molar-refractivity contribution is 5.54. The van der Waals surface area contributed by atoms with E-state index in [-0.39, 0.29) is 0 Å². The molecule has 1 aliphatic carbocycles. The molecule has 1 saturated carbocycles. The standard InChI is InChI=1S/C15H23N3/c1-12-9-15(18-7-3-2-4-8-18)13(10-16-12)11-17-14-5-6-14/h9-10,14,17H,2-8,11H2,1H3. The minimum Gasteiger partial charge on any atom is -0.371 e. The molecule has 2 fully saturated rings. The van der Waals surface area contributed by atoms with Crippen molar-refractivity contribution in [2.24, 2.45) is 0 Å².